The maximum atomic E-state index is 11.9. The third-order valence-electron chi connectivity index (χ3n) is 2.72. The molecule has 0 saturated heterocycles. The van der Waals surface area contributed by atoms with Gasteiger partial charge in [0.25, 0.3) is 0 Å². The average molecular weight is 306 g/mol. The highest BCUT2D eigenvalue weighted by atomic mass is 32.2. The van der Waals surface area contributed by atoms with Crippen LogP contribution < -0.4 is 0 Å². The SMILES string of the molecule is COC(=O)c1ccc(COC(=O)c2ccc(SC)cc2)o1. The Morgan fingerprint density at radius 1 is 1.10 bits per heavy atom. The molecule has 21 heavy (non-hydrogen) atoms. The quantitative estimate of drug-likeness (QED) is 0.624. The molecule has 1 aromatic carbocycles. The van der Waals surface area contributed by atoms with Crippen LogP contribution in [0.15, 0.2) is 45.7 Å². The molecule has 5 nitrogen and oxygen atoms in total. The molecule has 0 bridgehead atoms. The maximum Gasteiger partial charge on any atom is 0.373 e. The molecule has 0 saturated carbocycles. The summed E-state index contributed by atoms with van der Waals surface area (Å²) in [7, 11) is 1.27. The maximum absolute atomic E-state index is 11.9. The Hall–Kier alpha value is -2.21. The van der Waals surface area contributed by atoms with Crippen molar-refractivity contribution in [1.29, 1.82) is 0 Å². The number of rotatable bonds is 5. The largest absolute Gasteiger partial charge is 0.463 e. The molecule has 0 amide bonds. The molecule has 0 radical (unpaired) electrons. The van der Waals surface area contributed by atoms with Gasteiger partial charge in [0.2, 0.25) is 5.76 Å². The molecule has 2 aromatic rings. The molecule has 6 heteroatoms. The van der Waals surface area contributed by atoms with Crippen molar-refractivity contribution < 1.29 is 23.5 Å². The van der Waals surface area contributed by atoms with Gasteiger partial charge in [0.05, 0.1) is 12.7 Å². The first-order valence-corrected chi connectivity index (χ1v) is 7.34. The van der Waals surface area contributed by atoms with Crippen LogP contribution in [0.2, 0.25) is 0 Å². The summed E-state index contributed by atoms with van der Waals surface area (Å²) in [6.45, 7) is -0.0416. The summed E-state index contributed by atoms with van der Waals surface area (Å²) in [5.74, 6) is -0.559. The van der Waals surface area contributed by atoms with Crippen LogP contribution in [0.3, 0.4) is 0 Å². The average Bonchev–Trinajstić information content (AvgIpc) is 3.01. The molecule has 0 N–H and O–H groups in total. The number of ether oxygens (including phenoxy) is 2. The van der Waals surface area contributed by atoms with Crippen LogP contribution in [0.25, 0.3) is 0 Å². The number of carbonyl (C=O) groups excluding carboxylic acids is 2. The van der Waals surface area contributed by atoms with E-state index < -0.39 is 11.9 Å². The molecule has 0 fully saturated rings. The Morgan fingerprint density at radius 2 is 1.81 bits per heavy atom. The fraction of sp³-hybridized carbons (Fsp3) is 0.200. The van der Waals surface area contributed by atoms with Crippen molar-refractivity contribution in [3.63, 3.8) is 0 Å². The monoisotopic (exact) mass is 306 g/mol. The molecule has 0 unspecified atom stereocenters. The van der Waals surface area contributed by atoms with E-state index in [1.54, 1.807) is 30.0 Å². The predicted octanol–water partition coefficient (Wildman–Crippen LogP) is 3.15. The number of thioether (sulfide) groups is 1. The van der Waals surface area contributed by atoms with E-state index in [0.29, 0.717) is 11.3 Å². The lowest BCUT2D eigenvalue weighted by Crippen LogP contribution is -2.04. The number of hydrogen-bond donors (Lipinski definition) is 0. The van der Waals surface area contributed by atoms with Crippen LogP contribution in [0.4, 0.5) is 0 Å². The molecule has 1 heterocycles. The second-order valence-corrected chi connectivity index (χ2v) is 4.94. The Labute approximate surface area is 126 Å². The fourth-order valence-corrected chi connectivity index (χ4v) is 2.02. The van der Waals surface area contributed by atoms with Crippen molar-refractivity contribution in [2.24, 2.45) is 0 Å². The van der Waals surface area contributed by atoms with Crippen LogP contribution in [-0.2, 0) is 16.1 Å². The van der Waals surface area contributed by atoms with Crippen LogP contribution >= 0.6 is 11.8 Å². The zero-order valence-corrected chi connectivity index (χ0v) is 12.4. The van der Waals surface area contributed by atoms with Gasteiger partial charge in [0.15, 0.2) is 0 Å². The van der Waals surface area contributed by atoms with Crippen molar-refractivity contribution in [1.82, 2.24) is 0 Å². The molecule has 0 aliphatic heterocycles. The number of carbonyl (C=O) groups is 2. The highest BCUT2D eigenvalue weighted by Gasteiger charge is 2.13. The minimum absolute atomic E-state index is 0.0416. The molecule has 0 aliphatic rings. The van der Waals surface area contributed by atoms with Gasteiger partial charge in [-0.2, -0.15) is 0 Å². The van der Waals surface area contributed by atoms with Gasteiger partial charge in [-0.05, 0) is 42.7 Å². The molecular weight excluding hydrogens is 292 g/mol. The second kappa shape index (κ2) is 6.99. The van der Waals surface area contributed by atoms with Gasteiger partial charge >= 0.3 is 11.9 Å². The van der Waals surface area contributed by atoms with E-state index in [0.717, 1.165) is 4.90 Å². The first kappa shape index (κ1) is 15.2. The zero-order valence-electron chi connectivity index (χ0n) is 11.6. The Morgan fingerprint density at radius 3 is 2.43 bits per heavy atom. The normalized spacial score (nSPS) is 10.2. The molecule has 0 aliphatic carbocycles. The van der Waals surface area contributed by atoms with E-state index in [-0.39, 0.29) is 12.4 Å². The summed E-state index contributed by atoms with van der Waals surface area (Å²) < 4.78 is 14.9. The van der Waals surface area contributed by atoms with E-state index in [1.807, 2.05) is 18.4 Å². The Kier molecular flexibility index (Phi) is 5.05. The highest BCUT2D eigenvalue weighted by molar-refractivity contribution is 7.98. The molecule has 0 spiro atoms. The summed E-state index contributed by atoms with van der Waals surface area (Å²) >= 11 is 1.60. The molecule has 110 valence electrons. The van der Waals surface area contributed by atoms with E-state index >= 15 is 0 Å². The standard InChI is InChI=1S/C15H14O5S/c1-18-15(17)13-8-5-11(20-13)9-19-14(16)10-3-6-12(21-2)7-4-10/h3-8H,9H2,1-2H3. The predicted molar refractivity (Wildman–Crippen MR) is 77.4 cm³/mol. The second-order valence-electron chi connectivity index (χ2n) is 4.06. The van der Waals surface area contributed by atoms with Gasteiger partial charge in [-0.3, -0.25) is 0 Å². The van der Waals surface area contributed by atoms with Gasteiger partial charge in [0, 0.05) is 4.90 Å². The van der Waals surface area contributed by atoms with E-state index in [1.165, 1.54) is 13.2 Å². The van der Waals surface area contributed by atoms with Gasteiger partial charge in [-0.15, -0.1) is 11.8 Å². The van der Waals surface area contributed by atoms with Gasteiger partial charge in [0.1, 0.15) is 12.4 Å². The minimum atomic E-state index is -0.569. The van der Waals surface area contributed by atoms with Gasteiger partial charge < -0.3 is 13.9 Å². The summed E-state index contributed by atoms with van der Waals surface area (Å²) in [6.07, 6.45) is 1.96. The van der Waals surface area contributed by atoms with E-state index in [9.17, 15) is 9.59 Å². The van der Waals surface area contributed by atoms with Crippen molar-refractivity contribution >= 4 is 23.7 Å². The first-order chi connectivity index (χ1) is 10.1. The van der Waals surface area contributed by atoms with Crippen molar-refractivity contribution in [3.8, 4) is 0 Å². The van der Waals surface area contributed by atoms with Crippen LogP contribution in [0, 0.1) is 0 Å². The number of furan rings is 1. The zero-order chi connectivity index (χ0) is 15.2. The summed E-state index contributed by atoms with van der Waals surface area (Å²) in [4.78, 5) is 24.1. The molecule has 0 atom stereocenters. The number of esters is 2. The lowest BCUT2D eigenvalue weighted by Gasteiger charge is -2.03. The minimum Gasteiger partial charge on any atom is -0.463 e. The van der Waals surface area contributed by atoms with E-state index in [4.69, 9.17) is 9.15 Å². The third kappa shape index (κ3) is 3.88. The Bertz CT molecular complexity index is 630. The van der Waals surface area contributed by atoms with Crippen LogP contribution in [-0.4, -0.2) is 25.3 Å². The summed E-state index contributed by atoms with van der Waals surface area (Å²) in [5, 5.41) is 0. The summed E-state index contributed by atoms with van der Waals surface area (Å²) in [5.41, 5.74) is 0.465. The lowest BCUT2D eigenvalue weighted by molar-refractivity contribution is 0.0438. The summed E-state index contributed by atoms with van der Waals surface area (Å²) in [6, 6.07) is 10.2. The third-order valence-corrected chi connectivity index (χ3v) is 3.46. The van der Waals surface area contributed by atoms with Gasteiger partial charge in [-0.1, -0.05) is 0 Å². The number of benzene rings is 1. The van der Waals surface area contributed by atoms with Crippen LogP contribution in [0.5, 0.6) is 0 Å². The topological polar surface area (TPSA) is 65.7 Å². The smallest absolute Gasteiger partial charge is 0.373 e. The van der Waals surface area contributed by atoms with Crippen LogP contribution in [0.1, 0.15) is 26.7 Å². The van der Waals surface area contributed by atoms with Crippen molar-refractivity contribution in [2.45, 2.75) is 11.5 Å². The van der Waals surface area contributed by atoms with Crippen molar-refractivity contribution in [3.05, 3.63) is 53.5 Å². The molecule has 2 rings (SSSR count). The first-order valence-electron chi connectivity index (χ1n) is 6.12. The van der Waals surface area contributed by atoms with Crippen molar-refractivity contribution in [2.75, 3.05) is 13.4 Å². The number of hydrogen-bond acceptors (Lipinski definition) is 6. The van der Waals surface area contributed by atoms with Gasteiger partial charge in [-0.25, -0.2) is 9.59 Å². The van der Waals surface area contributed by atoms with E-state index in [2.05, 4.69) is 4.74 Å². The Balaban J connectivity index is 1.94. The fourth-order valence-electron chi connectivity index (χ4n) is 1.61. The highest BCUT2D eigenvalue weighted by Crippen LogP contribution is 2.16. The lowest BCUT2D eigenvalue weighted by atomic mass is 10.2. The molecular formula is C15H14O5S. The molecule has 1 aromatic heterocycles. The number of methoxy groups -OCH3 is 1.